The minimum atomic E-state index is -0.569. The first kappa shape index (κ1) is 14.4. The van der Waals surface area contributed by atoms with Gasteiger partial charge in [-0.05, 0) is 30.5 Å². The number of rotatable bonds is 6. The third kappa shape index (κ3) is 4.00. The van der Waals surface area contributed by atoms with E-state index in [-0.39, 0.29) is 23.8 Å². The Morgan fingerprint density at radius 3 is 2.83 bits per heavy atom. The monoisotopic (exact) mass is 255 g/mol. The van der Waals surface area contributed by atoms with E-state index in [4.69, 9.17) is 5.11 Å². The maximum absolute atomic E-state index is 13.0. The molecule has 0 spiro atoms. The van der Waals surface area contributed by atoms with E-state index in [1.807, 2.05) is 6.92 Å². The molecule has 1 amide bonds. The molecular weight excluding hydrogens is 237 g/mol. The molecule has 0 saturated heterocycles. The molecule has 5 heteroatoms. The molecule has 1 aromatic rings. The lowest BCUT2D eigenvalue weighted by molar-refractivity contribution is 0.0940. The molecule has 1 atom stereocenters. The van der Waals surface area contributed by atoms with Gasteiger partial charge in [-0.3, -0.25) is 4.79 Å². The van der Waals surface area contributed by atoms with Crippen LogP contribution in [0.1, 0.15) is 30.1 Å². The van der Waals surface area contributed by atoms with Crippen molar-refractivity contribution in [2.75, 3.05) is 13.2 Å². The average molecular weight is 255 g/mol. The minimum Gasteiger partial charge on any atom is -0.507 e. The van der Waals surface area contributed by atoms with E-state index in [0.29, 0.717) is 13.0 Å². The molecular formula is C13H18FNO3. The highest BCUT2D eigenvalue weighted by Gasteiger charge is 2.13. The summed E-state index contributed by atoms with van der Waals surface area (Å²) in [4.78, 5) is 11.7. The maximum atomic E-state index is 13.0. The highest BCUT2D eigenvalue weighted by Crippen LogP contribution is 2.17. The predicted molar refractivity (Wildman–Crippen MR) is 65.9 cm³/mol. The van der Waals surface area contributed by atoms with E-state index in [1.165, 1.54) is 0 Å². The zero-order chi connectivity index (χ0) is 13.5. The maximum Gasteiger partial charge on any atom is 0.255 e. The minimum absolute atomic E-state index is 0.0690. The van der Waals surface area contributed by atoms with Crippen LogP contribution >= 0.6 is 0 Å². The number of phenolic OH excluding ortho intramolecular Hbond substituents is 1. The van der Waals surface area contributed by atoms with E-state index >= 15 is 0 Å². The van der Waals surface area contributed by atoms with E-state index in [9.17, 15) is 14.3 Å². The van der Waals surface area contributed by atoms with Gasteiger partial charge in [0.1, 0.15) is 11.6 Å². The van der Waals surface area contributed by atoms with Crippen molar-refractivity contribution < 1.29 is 19.4 Å². The van der Waals surface area contributed by atoms with Gasteiger partial charge in [0, 0.05) is 13.2 Å². The van der Waals surface area contributed by atoms with Crippen molar-refractivity contribution in [3.8, 4) is 5.75 Å². The number of hydrogen-bond acceptors (Lipinski definition) is 3. The second kappa shape index (κ2) is 6.96. The summed E-state index contributed by atoms with van der Waals surface area (Å²) in [7, 11) is 0. The number of amides is 1. The van der Waals surface area contributed by atoms with Crippen LogP contribution in [0.25, 0.3) is 0 Å². The highest BCUT2D eigenvalue weighted by molar-refractivity contribution is 5.96. The van der Waals surface area contributed by atoms with Gasteiger partial charge in [0.15, 0.2) is 0 Å². The first-order valence-corrected chi connectivity index (χ1v) is 5.96. The molecule has 18 heavy (non-hydrogen) atoms. The summed E-state index contributed by atoms with van der Waals surface area (Å²) in [5, 5.41) is 20.9. The van der Waals surface area contributed by atoms with Gasteiger partial charge in [0.05, 0.1) is 5.56 Å². The number of aliphatic hydroxyl groups is 1. The SMILES string of the molecule is CCC(CCO)CNC(=O)c1cc(F)ccc1O. The zero-order valence-corrected chi connectivity index (χ0v) is 10.3. The highest BCUT2D eigenvalue weighted by atomic mass is 19.1. The van der Waals surface area contributed by atoms with E-state index < -0.39 is 11.7 Å². The number of carbonyl (C=O) groups excluding carboxylic acids is 1. The van der Waals surface area contributed by atoms with E-state index in [2.05, 4.69) is 5.32 Å². The van der Waals surface area contributed by atoms with Crippen LogP contribution in [0.15, 0.2) is 18.2 Å². The van der Waals surface area contributed by atoms with Crippen LogP contribution in [0.4, 0.5) is 4.39 Å². The van der Waals surface area contributed by atoms with Crippen molar-refractivity contribution in [2.24, 2.45) is 5.92 Å². The van der Waals surface area contributed by atoms with E-state index in [0.717, 1.165) is 24.6 Å². The molecule has 1 rings (SSSR count). The van der Waals surface area contributed by atoms with Crippen LogP contribution < -0.4 is 5.32 Å². The number of aromatic hydroxyl groups is 1. The zero-order valence-electron chi connectivity index (χ0n) is 10.3. The van der Waals surface area contributed by atoms with Crippen LogP contribution in [0.5, 0.6) is 5.75 Å². The lowest BCUT2D eigenvalue weighted by atomic mass is 10.0. The molecule has 0 saturated carbocycles. The van der Waals surface area contributed by atoms with Crippen molar-refractivity contribution in [2.45, 2.75) is 19.8 Å². The Balaban J connectivity index is 2.62. The Labute approximate surface area is 105 Å². The summed E-state index contributed by atoms with van der Waals surface area (Å²) in [5.41, 5.74) is -0.0751. The molecule has 4 nitrogen and oxygen atoms in total. The second-order valence-electron chi connectivity index (χ2n) is 4.16. The van der Waals surface area contributed by atoms with Gasteiger partial charge < -0.3 is 15.5 Å². The van der Waals surface area contributed by atoms with Crippen molar-refractivity contribution in [3.63, 3.8) is 0 Å². The van der Waals surface area contributed by atoms with Crippen LogP contribution in [-0.2, 0) is 0 Å². The normalized spacial score (nSPS) is 12.2. The fraction of sp³-hybridized carbons (Fsp3) is 0.462. The fourth-order valence-corrected chi connectivity index (χ4v) is 1.66. The molecule has 1 unspecified atom stereocenters. The van der Waals surface area contributed by atoms with Crippen molar-refractivity contribution in [1.29, 1.82) is 0 Å². The molecule has 0 aromatic heterocycles. The Morgan fingerprint density at radius 1 is 1.50 bits per heavy atom. The number of phenols is 1. The summed E-state index contributed by atoms with van der Waals surface area (Å²) in [5.74, 6) is -1.15. The third-order valence-electron chi connectivity index (χ3n) is 2.87. The van der Waals surface area contributed by atoms with Gasteiger partial charge in [0.2, 0.25) is 0 Å². The van der Waals surface area contributed by atoms with Gasteiger partial charge >= 0.3 is 0 Å². The summed E-state index contributed by atoms with van der Waals surface area (Å²) < 4.78 is 13.0. The van der Waals surface area contributed by atoms with Crippen LogP contribution in [0.2, 0.25) is 0 Å². The number of benzene rings is 1. The summed E-state index contributed by atoms with van der Waals surface area (Å²) >= 11 is 0. The largest absolute Gasteiger partial charge is 0.507 e. The van der Waals surface area contributed by atoms with Crippen LogP contribution in [-0.4, -0.2) is 29.3 Å². The van der Waals surface area contributed by atoms with Gasteiger partial charge in [-0.25, -0.2) is 4.39 Å². The van der Waals surface area contributed by atoms with Gasteiger partial charge in [-0.15, -0.1) is 0 Å². The number of halogens is 1. The van der Waals surface area contributed by atoms with Crippen molar-refractivity contribution in [3.05, 3.63) is 29.6 Å². The summed E-state index contributed by atoms with van der Waals surface area (Å²) in [6, 6.07) is 3.24. The van der Waals surface area contributed by atoms with Gasteiger partial charge in [-0.2, -0.15) is 0 Å². The molecule has 0 heterocycles. The molecule has 0 aliphatic heterocycles. The Bertz CT molecular complexity index is 409. The first-order valence-electron chi connectivity index (χ1n) is 5.96. The number of hydrogen-bond donors (Lipinski definition) is 3. The molecule has 3 N–H and O–H groups in total. The molecule has 0 aliphatic rings. The molecule has 1 aromatic carbocycles. The number of nitrogens with one attached hydrogen (secondary N) is 1. The quantitative estimate of drug-likeness (QED) is 0.724. The molecule has 0 radical (unpaired) electrons. The first-order chi connectivity index (χ1) is 8.58. The van der Waals surface area contributed by atoms with Crippen molar-refractivity contribution in [1.82, 2.24) is 5.32 Å². The Kier molecular flexibility index (Phi) is 5.58. The fourth-order valence-electron chi connectivity index (χ4n) is 1.66. The number of aliphatic hydroxyl groups excluding tert-OH is 1. The lowest BCUT2D eigenvalue weighted by Gasteiger charge is -2.14. The average Bonchev–Trinajstić information content (AvgIpc) is 2.37. The molecule has 0 bridgehead atoms. The smallest absolute Gasteiger partial charge is 0.255 e. The lowest BCUT2D eigenvalue weighted by Crippen LogP contribution is -2.29. The van der Waals surface area contributed by atoms with Gasteiger partial charge in [0.25, 0.3) is 5.91 Å². The molecule has 0 fully saturated rings. The van der Waals surface area contributed by atoms with Crippen molar-refractivity contribution >= 4 is 5.91 Å². The molecule has 0 aliphatic carbocycles. The Morgan fingerprint density at radius 2 is 2.22 bits per heavy atom. The predicted octanol–water partition coefficient (Wildman–Crippen LogP) is 1.67. The molecule has 100 valence electrons. The topological polar surface area (TPSA) is 69.6 Å². The van der Waals surface area contributed by atoms with Crippen LogP contribution in [0.3, 0.4) is 0 Å². The van der Waals surface area contributed by atoms with Gasteiger partial charge in [-0.1, -0.05) is 13.3 Å². The summed E-state index contributed by atoms with van der Waals surface area (Å²) in [6.07, 6.45) is 1.43. The van der Waals surface area contributed by atoms with E-state index in [1.54, 1.807) is 0 Å². The summed E-state index contributed by atoms with van der Waals surface area (Å²) in [6.45, 7) is 2.43. The Hall–Kier alpha value is -1.62. The number of carbonyl (C=O) groups is 1. The standard InChI is InChI=1S/C13H18FNO3/c1-2-9(5-6-16)8-15-13(18)11-7-10(14)3-4-12(11)17/h3-4,7,9,16-17H,2,5-6,8H2,1H3,(H,15,18). The third-order valence-corrected chi connectivity index (χ3v) is 2.87. The second-order valence-corrected chi connectivity index (χ2v) is 4.16. The van der Waals surface area contributed by atoms with Crippen LogP contribution in [0, 0.1) is 11.7 Å².